The number of carbonyl (C=O) groups excluding carboxylic acids is 1. The van der Waals surface area contributed by atoms with Crippen molar-refractivity contribution in [2.45, 2.75) is 6.92 Å². The smallest absolute Gasteiger partial charge is 0.248 e. The summed E-state index contributed by atoms with van der Waals surface area (Å²) in [7, 11) is 1.52. The first-order valence-corrected chi connectivity index (χ1v) is 3.40. The van der Waals surface area contributed by atoms with Crippen LogP contribution in [0.1, 0.15) is 6.92 Å². The highest BCUT2D eigenvalue weighted by atomic mass is 16.3. The lowest BCUT2D eigenvalue weighted by atomic mass is 10.2. The zero-order chi connectivity index (χ0) is 9.56. The molecule has 4 heteroatoms. The van der Waals surface area contributed by atoms with Crippen molar-refractivity contribution < 1.29 is 9.90 Å². The van der Waals surface area contributed by atoms with E-state index in [1.54, 1.807) is 6.92 Å². The van der Waals surface area contributed by atoms with Gasteiger partial charge < -0.3 is 10.8 Å². The number of carbonyl (C=O) groups is 1. The lowest BCUT2D eigenvalue weighted by Gasteiger charge is -1.94. The number of nitrogens with zero attached hydrogens (tertiary/aromatic N) is 1. The molecule has 0 aromatic rings. The molecule has 3 N–H and O–H groups in total. The van der Waals surface area contributed by atoms with Gasteiger partial charge in [-0.15, -0.1) is 0 Å². The minimum atomic E-state index is -0.575. The largest absolute Gasteiger partial charge is 0.506 e. The van der Waals surface area contributed by atoms with Gasteiger partial charge in [-0.3, -0.25) is 9.79 Å². The van der Waals surface area contributed by atoms with Crippen molar-refractivity contribution in [2.75, 3.05) is 7.05 Å². The molecule has 0 aliphatic rings. The van der Waals surface area contributed by atoms with Crippen molar-refractivity contribution in [3.05, 3.63) is 23.5 Å². The quantitative estimate of drug-likeness (QED) is 0.279. The third-order valence-electron chi connectivity index (χ3n) is 1.16. The Morgan fingerprint density at radius 2 is 2.17 bits per heavy atom. The van der Waals surface area contributed by atoms with E-state index in [0.29, 0.717) is 0 Å². The number of rotatable bonds is 3. The zero-order valence-corrected chi connectivity index (χ0v) is 7.11. The van der Waals surface area contributed by atoms with Crippen LogP contribution in [0.4, 0.5) is 0 Å². The molecule has 0 aliphatic heterocycles. The molecule has 0 aromatic heterocycles. The number of amides is 1. The summed E-state index contributed by atoms with van der Waals surface area (Å²) in [5.41, 5.74) is 5.24. The van der Waals surface area contributed by atoms with Crippen LogP contribution in [0, 0.1) is 0 Å². The molecule has 12 heavy (non-hydrogen) atoms. The fourth-order valence-electron chi connectivity index (χ4n) is 0.626. The number of primary amides is 1. The molecule has 0 aromatic carbocycles. The van der Waals surface area contributed by atoms with E-state index in [9.17, 15) is 4.79 Å². The van der Waals surface area contributed by atoms with E-state index in [4.69, 9.17) is 10.8 Å². The molecule has 0 fully saturated rings. The molecule has 0 radical (unpaired) electrons. The van der Waals surface area contributed by atoms with Gasteiger partial charge in [0.1, 0.15) is 5.76 Å². The fourth-order valence-corrected chi connectivity index (χ4v) is 0.626. The fraction of sp³-hybridized carbons (Fsp3) is 0.250. The first kappa shape index (κ1) is 10.4. The molecule has 0 saturated carbocycles. The number of aliphatic imine (C=N–C) groups is 1. The van der Waals surface area contributed by atoms with Crippen LogP contribution in [0.5, 0.6) is 0 Å². The van der Waals surface area contributed by atoms with Crippen molar-refractivity contribution in [1.29, 1.82) is 0 Å². The predicted octanol–water partition coefficient (Wildman–Crippen LogP) is 0.560. The Morgan fingerprint density at radius 3 is 2.50 bits per heavy atom. The minimum Gasteiger partial charge on any atom is -0.506 e. The first-order valence-electron chi connectivity index (χ1n) is 3.40. The summed E-state index contributed by atoms with van der Waals surface area (Å²) < 4.78 is 0. The van der Waals surface area contributed by atoms with Crippen molar-refractivity contribution in [2.24, 2.45) is 10.7 Å². The lowest BCUT2D eigenvalue weighted by Crippen LogP contribution is -2.12. The van der Waals surface area contributed by atoms with Crippen LogP contribution in [-0.4, -0.2) is 24.3 Å². The van der Waals surface area contributed by atoms with Crippen LogP contribution >= 0.6 is 0 Å². The average Bonchev–Trinajstić information content (AvgIpc) is 2.00. The van der Waals surface area contributed by atoms with Gasteiger partial charge in [-0.05, 0) is 13.0 Å². The number of allylic oxidation sites excluding steroid dienone is 2. The highest BCUT2D eigenvalue weighted by Crippen LogP contribution is 1.97. The van der Waals surface area contributed by atoms with E-state index in [2.05, 4.69) is 4.99 Å². The van der Waals surface area contributed by atoms with E-state index in [0.717, 1.165) is 0 Å². The number of aliphatic hydroxyl groups excluding tert-OH is 1. The van der Waals surface area contributed by atoms with Gasteiger partial charge in [0.15, 0.2) is 0 Å². The molecule has 1 amide bonds. The summed E-state index contributed by atoms with van der Waals surface area (Å²) in [6.45, 7) is 1.66. The second kappa shape index (κ2) is 5.12. The van der Waals surface area contributed by atoms with Gasteiger partial charge >= 0.3 is 0 Å². The first-order chi connectivity index (χ1) is 5.61. The standard InChI is InChI=1S/C8H12N2O2/c1-3-6(8(9)12)4-7(11)5-10-2/h3-5,11H,1-2H3,(H2,9,12)/b6-3+,7-4+,10-5+. The summed E-state index contributed by atoms with van der Waals surface area (Å²) in [5, 5.41) is 9.06. The number of nitrogens with two attached hydrogens (primary N) is 1. The normalized spacial score (nSPS) is 13.8. The monoisotopic (exact) mass is 168 g/mol. The lowest BCUT2D eigenvalue weighted by molar-refractivity contribution is -0.114. The zero-order valence-electron chi connectivity index (χ0n) is 7.11. The van der Waals surface area contributed by atoms with Crippen LogP contribution < -0.4 is 5.73 Å². The summed E-state index contributed by atoms with van der Waals surface area (Å²) >= 11 is 0. The van der Waals surface area contributed by atoms with Crippen LogP contribution in [0.2, 0.25) is 0 Å². The second-order valence-corrected chi connectivity index (χ2v) is 2.06. The molecule has 0 saturated heterocycles. The van der Waals surface area contributed by atoms with Gasteiger partial charge in [-0.25, -0.2) is 0 Å². The average molecular weight is 168 g/mol. The Labute approximate surface area is 71.1 Å². The highest BCUT2D eigenvalue weighted by molar-refractivity contribution is 5.96. The molecule has 0 aliphatic carbocycles. The topological polar surface area (TPSA) is 75.7 Å². The van der Waals surface area contributed by atoms with E-state index in [-0.39, 0.29) is 11.3 Å². The maximum absolute atomic E-state index is 10.6. The summed E-state index contributed by atoms with van der Waals surface area (Å²) in [5.74, 6) is -0.669. The molecule has 0 heterocycles. The molecule has 0 unspecified atom stereocenters. The SMILES string of the molecule is C\C=C(/C=C(O)\C=N\C)C(N)=O. The number of hydrogen-bond acceptors (Lipinski definition) is 3. The highest BCUT2D eigenvalue weighted by Gasteiger charge is 1.99. The van der Waals surface area contributed by atoms with Crippen molar-refractivity contribution in [3.8, 4) is 0 Å². The van der Waals surface area contributed by atoms with E-state index >= 15 is 0 Å². The minimum absolute atomic E-state index is 0.0931. The van der Waals surface area contributed by atoms with Crippen LogP contribution in [0.15, 0.2) is 28.5 Å². The molecular weight excluding hydrogens is 156 g/mol. The maximum Gasteiger partial charge on any atom is 0.248 e. The third kappa shape index (κ3) is 3.55. The van der Waals surface area contributed by atoms with Crippen LogP contribution in [-0.2, 0) is 4.79 Å². The Balaban J connectivity index is 4.60. The van der Waals surface area contributed by atoms with Crippen LogP contribution in [0.3, 0.4) is 0 Å². The molecule has 66 valence electrons. The molecule has 0 rings (SSSR count). The second-order valence-electron chi connectivity index (χ2n) is 2.06. The molecule has 0 atom stereocenters. The van der Waals surface area contributed by atoms with Gasteiger partial charge in [0.05, 0.1) is 6.21 Å². The Morgan fingerprint density at radius 1 is 1.58 bits per heavy atom. The van der Waals surface area contributed by atoms with E-state index < -0.39 is 5.91 Å². The van der Waals surface area contributed by atoms with Gasteiger partial charge in [0.2, 0.25) is 5.91 Å². The van der Waals surface area contributed by atoms with Crippen molar-refractivity contribution in [1.82, 2.24) is 0 Å². The summed E-state index contributed by atoms with van der Waals surface area (Å²) in [6.07, 6.45) is 4.00. The molecular formula is C8H12N2O2. The van der Waals surface area contributed by atoms with Crippen LogP contribution in [0.25, 0.3) is 0 Å². The van der Waals surface area contributed by atoms with Gasteiger partial charge in [0, 0.05) is 12.6 Å². The van der Waals surface area contributed by atoms with E-state index in [1.165, 1.54) is 25.4 Å². The summed E-state index contributed by atoms with van der Waals surface area (Å²) in [6, 6.07) is 0. The van der Waals surface area contributed by atoms with Crippen molar-refractivity contribution in [3.63, 3.8) is 0 Å². The van der Waals surface area contributed by atoms with Crippen molar-refractivity contribution >= 4 is 12.1 Å². The molecule has 0 spiro atoms. The maximum atomic E-state index is 10.6. The Bertz CT molecular complexity index is 252. The molecule has 0 bridgehead atoms. The Kier molecular flexibility index (Phi) is 4.45. The predicted molar refractivity (Wildman–Crippen MR) is 48.1 cm³/mol. The number of hydrogen-bond donors (Lipinski definition) is 2. The van der Waals surface area contributed by atoms with Gasteiger partial charge in [0.25, 0.3) is 0 Å². The molecule has 4 nitrogen and oxygen atoms in total. The van der Waals surface area contributed by atoms with Gasteiger partial charge in [-0.1, -0.05) is 6.08 Å². The number of aliphatic hydroxyl groups is 1. The summed E-state index contributed by atoms with van der Waals surface area (Å²) in [4.78, 5) is 14.2. The van der Waals surface area contributed by atoms with Gasteiger partial charge in [-0.2, -0.15) is 0 Å². The third-order valence-corrected chi connectivity index (χ3v) is 1.16. The van der Waals surface area contributed by atoms with E-state index in [1.807, 2.05) is 0 Å². The Hall–Kier alpha value is -1.58.